The normalized spacial score (nSPS) is 10.4. The van der Waals surface area contributed by atoms with Crippen molar-refractivity contribution in [1.29, 1.82) is 0 Å². The molecule has 150 valence electrons. The largest absolute Gasteiger partial charge is 0.494 e. The second-order valence-electron chi connectivity index (χ2n) is 6.32. The Balaban J connectivity index is 1.69. The molecular formula is C21H25ClN2O4. The molecule has 0 bridgehead atoms. The first-order valence-electron chi connectivity index (χ1n) is 9.01. The Bertz CT molecular complexity index is 811. The molecular weight excluding hydrogens is 380 g/mol. The zero-order chi connectivity index (χ0) is 20.4. The molecule has 2 aromatic rings. The van der Waals surface area contributed by atoms with E-state index in [1.807, 2.05) is 37.3 Å². The number of hydrogen-bond donors (Lipinski definition) is 2. The summed E-state index contributed by atoms with van der Waals surface area (Å²) in [5, 5.41) is 6.31. The lowest BCUT2D eigenvalue weighted by Crippen LogP contribution is -2.23. The van der Waals surface area contributed by atoms with Crippen molar-refractivity contribution in [2.75, 3.05) is 25.6 Å². The van der Waals surface area contributed by atoms with Gasteiger partial charge in [0.05, 0.1) is 6.61 Å². The number of anilines is 1. The van der Waals surface area contributed by atoms with Gasteiger partial charge in [-0.15, -0.1) is 0 Å². The van der Waals surface area contributed by atoms with E-state index in [2.05, 4.69) is 10.6 Å². The van der Waals surface area contributed by atoms with Crippen LogP contribution in [0.15, 0.2) is 42.5 Å². The molecule has 2 rings (SSSR count). The van der Waals surface area contributed by atoms with Crippen LogP contribution in [0.3, 0.4) is 0 Å². The number of halogens is 1. The summed E-state index contributed by atoms with van der Waals surface area (Å²) in [6, 6.07) is 12.8. The van der Waals surface area contributed by atoms with Crippen molar-refractivity contribution in [2.45, 2.75) is 26.3 Å². The van der Waals surface area contributed by atoms with Gasteiger partial charge in [0.15, 0.2) is 0 Å². The maximum atomic E-state index is 12.0. The van der Waals surface area contributed by atoms with Gasteiger partial charge >= 0.3 is 0 Å². The van der Waals surface area contributed by atoms with E-state index in [0.29, 0.717) is 36.7 Å². The van der Waals surface area contributed by atoms with Crippen molar-refractivity contribution in [2.24, 2.45) is 0 Å². The van der Waals surface area contributed by atoms with Crippen LogP contribution in [-0.2, 0) is 20.9 Å². The monoisotopic (exact) mass is 404 g/mol. The Kier molecular flexibility index (Phi) is 8.78. The van der Waals surface area contributed by atoms with Crippen LogP contribution < -0.4 is 15.4 Å². The predicted octanol–water partition coefficient (Wildman–Crippen LogP) is 3.71. The molecule has 0 saturated heterocycles. The van der Waals surface area contributed by atoms with Crippen LogP contribution in [0.1, 0.15) is 24.0 Å². The first kappa shape index (κ1) is 21.7. The topological polar surface area (TPSA) is 76.7 Å². The molecule has 0 spiro atoms. The summed E-state index contributed by atoms with van der Waals surface area (Å²) in [5.74, 6) is 0.471. The Morgan fingerprint density at radius 1 is 1.11 bits per heavy atom. The summed E-state index contributed by atoms with van der Waals surface area (Å²) in [6.45, 7) is 2.76. The smallest absolute Gasteiger partial charge is 0.250 e. The highest BCUT2D eigenvalue weighted by Gasteiger charge is 2.05. The third kappa shape index (κ3) is 7.58. The lowest BCUT2D eigenvalue weighted by atomic mass is 10.2. The van der Waals surface area contributed by atoms with E-state index in [1.165, 1.54) is 7.11 Å². The summed E-state index contributed by atoms with van der Waals surface area (Å²) in [4.78, 5) is 23.6. The minimum absolute atomic E-state index is 0.00137. The van der Waals surface area contributed by atoms with Crippen molar-refractivity contribution in [3.8, 4) is 5.75 Å². The van der Waals surface area contributed by atoms with Crippen molar-refractivity contribution >= 4 is 29.1 Å². The van der Waals surface area contributed by atoms with Crippen molar-refractivity contribution < 1.29 is 19.1 Å². The van der Waals surface area contributed by atoms with Crippen LogP contribution in [0.25, 0.3) is 0 Å². The first-order chi connectivity index (χ1) is 13.5. The van der Waals surface area contributed by atoms with E-state index < -0.39 is 0 Å². The van der Waals surface area contributed by atoms with Crippen LogP contribution in [0.5, 0.6) is 5.75 Å². The van der Waals surface area contributed by atoms with Gasteiger partial charge in [0.2, 0.25) is 11.8 Å². The highest BCUT2D eigenvalue weighted by Crippen LogP contribution is 2.21. The molecule has 6 nitrogen and oxygen atoms in total. The number of carbonyl (C=O) groups is 2. The fourth-order valence-electron chi connectivity index (χ4n) is 2.51. The van der Waals surface area contributed by atoms with Gasteiger partial charge in [-0.3, -0.25) is 9.59 Å². The van der Waals surface area contributed by atoms with Crippen LogP contribution in [0.2, 0.25) is 5.02 Å². The number of carbonyl (C=O) groups excluding carboxylic acids is 2. The van der Waals surface area contributed by atoms with Gasteiger partial charge < -0.3 is 20.1 Å². The number of hydrogen-bond acceptors (Lipinski definition) is 4. The summed E-state index contributed by atoms with van der Waals surface area (Å²) in [5.41, 5.74) is 2.52. The Labute approximate surface area is 170 Å². The predicted molar refractivity (Wildman–Crippen MR) is 110 cm³/mol. The number of rotatable bonds is 10. The highest BCUT2D eigenvalue weighted by molar-refractivity contribution is 6.31. The fourth-order valence-corrected chi connectivity index (χ4v) is 2.62. The number of aryl methyl sites for hydroxylation is 1. The third-order valence-corrected chi connectivity index (χ3v) is 4.35. The van der Waals surface area contributed by atoms with Gasteiger partial charge in [-0.1, -0.05) is 23.7 Å². The molecule has 0 aromatic heterocycles. The summed E-state index contributed by atoms with van der Waals surface area (Å²) in [6.07, 6.45) is 0.984. The molecule has 0 saturated carbocycles. The first-order valence-corrected chi connectivity index (χ1v) is 9.39. The molecule has 0 atom stereocenters. The van der Waals surface area contributed by atoms with Gasteiger partial charge in [0.1, 0.15) is 12.4 Å². The van der Waals surface area contributed by atoms with E-state index in [4.69, 9.17) is 21.1 Å². The minimum atomic E-state index is -0.223. The highest BCUT2D eigenvalue weighted by atomic mass is 35.5. The second-order valence-corrected chi connectivity index (χ2v) is 6.73. The molecule has 0 unspecified atom stereocenters. The number of nitrogens with one attached hydrogen (secondary N) is 2. The van der Waals surface area contributed by atoms with Crippen molar-refractivity contribution in [1.82, 2.24) is 5.32 Å². The molecule has 2 aromatic carbocycles. The Morgan fingerprint density at radius 2 is 1.93 bits per heavy atom. The molecule has 0 heterocycles. The molecule has 28 heavy (non-hydrogen) atoms. The van der Waals surface area contributed by atoms with Crippen molar-refractivity contribution in [3.63, 3.8) is 0 Å². The zero-order valence-electron chi connectivity index (χ0n) is 16.1. The maximum absolute atomic E-state index is 12.0. The number of benzene rings is 2. The minimum Gasteiger partial charge on any atom is -0.494 e. The molecule has 0 fully saturated rings. The standard InChI is InChI=1S/C21H25ClN2O4/c1-15-11-18(8-9-19(15)22)28-10-4-7-20(25)23-13-16-5-3-6-17(12-16)24-21(26)14-27-2/h3,5-6,8-9,11-12H,4,7,10,13-14H2,1-2H3,(H,23,25)(H,24,26). The van der Waals surface area contributed by atoms with Gasteiger partial charge in [-0.25, -0.2) is 0 Å². The molecule has 2 amide bonds. The molecule has 2 N–H and O–H groups in total. The van der Waals surface area contributed by atoms with Crippen LogP contribution in [-0.4, -0.2) is 32.1 Å². The lowest BCUT2D eigenvalue weighted by molar-refractivity contribution is -0.121. The van der Waals surface area contributed by atoms with Crippen molar-refractivity contribution in [3.05, 3.63) is 58.6 Å². The Hall–Kier alpha value is -2.57. The fraction of sp³-hybridized carbons (Fsp3) is 0.333. The SMILES string of the molecule is COCC(=O)Nc1cccc(CNC(=O)CCCOc2ccc(Cl)c(C)c2)c1. The van der Waals surface area contributed by atoms with E-state index in [0.717, 1.165) is 16.9 Å². The molecule has 0 aliphatic carbocycles. The van der Waals surface area contributed by atoms with E-state index in [1.54, 1.807) is 12.1 Å². The molecule has 7 heteroatoms. The third-order valence-electron chi connectivity index (χ3n) is 3.92. The van der Waals surface area contributed by atoms with Gasteiger partial charge in [0, 0.05) is 30.8 Å². The summed E-state index contributed by atoms with van der Waals surface area (Å²) in [7, 11) is 1.47. The van der Waals surface area contributed by atoms with E-state index >= 15 is 0 Å². The maximum Gasteiger partial charge on any atom is 0.250 e. The van der Waals surface area contributed by atoms with Crippen LogP contribution >= 0.6 is 11.6 Å². The number of amides is 2. The molecule has 0 aliphatic heterocycles. The van der Waals surface area contributed by atoms with Gasteiger partial charge in [0.25, 0.3) is 0 Å². The van der Waals surface area contributed by atoms with Gasteiger partial charge in [-0.05, 0) is 54.8 Å². The lowest BCUT2D eigenvalue weighted by Gasteiger charge is -2.09. The second kappa shape index (κ2) is 11.3. The van der Waals surface area contributed by atoms with Crippen LogP contribution in [0, 0.1) is 6.92 Å². The molecule has 0 aliphatic rings. The van der Waals surface area contributed by atoms with E-state index in [9.17, 15) is 9.59 Å². The summed E-state index contributed by atoms with van der Waals surface area (Å²) < 4.78 is 10.4. The quantitative estimate of drug-likeness (QED) is 0.592. The Morgan fingerprint density at radius 3 is 2.68 bits per heavy atom. The number of ether oxygens (including phenoxy) is 2. The average molecular weight is 405 g/mol. The summed E-state index contributed by atoms with van der Waals surface area (Å²) >= 11 is 5.98. The van der Waals surface area contributed by atoms with E-state index in [-0.39, 0.29) is 18.4 Å². The number of methoxy groups -OCH3 is 1. The average Bonchev–Trinajstić information content (AvgIpc) is 2.67. The molecule has 0 radical (unpaired) electrons. The van der Waals surface area contributed by atoms with Crippen LogP contribution in [0.4, 0.5) is 5.69 Å². The van der Waals surface area contributed by atoms with Gasteiger partial charge in [-0.2, -0.15) is 0 Å². The zero-order valence-corrected chi connectivity index (χ0v) is 16.8.